The largest absolute Gasteiger partial charge is 0.508 e. The molecule has 0 saturated heterocycles. The lowest BCUT2D eigenvalue weighted by Gasteiger charge is -2.04. The Balaban J connectivity index is 1.96. The summed E-state index contributed by atoms with van der Waals surface area (Å²) in [5.41, 5.74) is 3.18. The lowest BCUT2D eigenvalue weighted by atomic mass is 9.97. The van der Waals surface area contributed by atoms with Gasteiger partial charge in [-0.25, -0.2) is 0 Å². The van der Waals surface area contributed by atoms with Crippen LogP contribution in [0.3, 0.4) is 0 Å². The number of carbonyl (C=O) groups excluding carboxylic acids is 1. The average Bonchev–Trinajstić information content (AvgIpc) is 3.00. The normalized spacial score (nSPS) is 11.0. The van der Waals surface area contributed by atoms with Crippen molar-refractivity contribution in [3.05, 3.63) is 83.4 Å². The van der Waals surface area contributed by atoms with E-state index in [1.54, 1.807) is 42.5 Å². The summed E-state index contributed by atoms with van der Waals surface area (Å²) in [6, 6.07) is 18.5. The minimum Gasteiger partial charge on any atom is -0.508 e. The standard InChI is InChI=1S/C22H16O4/c1-13-2-4-14(5-3-13)21(25)20-18-11-10-17(24)12-19(18)26-22(20)15-6-8-16(23)9-7-15/h2-12,23-24H,1H3. The van der Waals surface area contributed by atoms with Crippen LogP contribution in [0.2, 0.25) is 0 Å². The van der Waals surface area contributed by atoms with Gasteiger partial charge in [0.25, 0.3) is 0 Å². The number of aromatic hydroxyl groups is 2. The zero-order valence-corrected chi connectivity index (χ0v) is 14.1. The third-order valence-corrected chi connectivity index (χ3v) is 4.34. The molecule has 4 aromatic rings. The first kappa shape index (κ1) is 16.0. The Kier molecular flexibility index (Phi) is 3.73. The highest BCUT2D eigenvalue weighted by atomic mass is 16.3. The molecule has 1 aromatic heterocycles. The van der Waals surface area contributed by atoms with Crippen LogP contribution in [-0.2, 0) is 0 Å². The van der Waals surface area contributed by atoms with E-state index in [1.807, 2.05) is 19.1 Å². The van der Waals surface area contributed by atoms with Crippen molar-refractivity contribution < 1.29 is 19.4 Å². The lowest BCUT2D eigenvalue weighted by Crippen LogP contribution is -2.02. The van der Waals surface area contributed by atoms with Crippen LogP contribution in [0.25, 0.3) is 22.3 Å². The van der Waals surface area contributed by atoms with Gasteiger partial charge < -0.3 is 14.6 Å². The molecule has 0 amide bonds. The van der Waals surface area contributed by atoms with Crippen LogP contribution in [0.1, 0.15) is 21.5 Å². The van der Waals surface area contributed by atoms with E-state index in [2.05, 4.69) is 0 Å². The van der Waals surface area contributed by atoms with Gasteiger partial charge in [-0.15, -0.1) is 0 Å². The van der Waals surface area contributed by atoms with E-state index in [-0.39, 0.29) is 17.3 Å². The summed E-state index contributed by atoms with van der Waals surface area (Å²) >= 11 is 0. The van der Waals surface area contributed by atoms with E-state index in [1.165, 1.54) is 12.1 Å². The summed E-state index contributed by atoms with van der Waals surface area (Å²) in [4.78, 5) is 13.2. The Morgan fingerprint density at radius 1 is 0.846 bits per heavy atom. The fourth-order valence-electron chi connectivity index (χ4n) is 2.98. The minimum atomic E-state index is -0.155. The highest BCUT2D eigenvalue weighted by Crippen LogP contribution is 2.37. The molecule has 0 spiro atoms. The highest BCUT2D eigenvalue weighted by molar-refractivity contribution is 6.19. The molecule has 0 radical (unpaired) electrons. The minimum absolute atomic E-state index is 0.0674. The van der Waals surface area contributed by atoms with Crippen LogP contribution in [0.4, 0.5) is 0 Å². The topological polar surface area (TPSA) is 70.7 Å². The maximum Gasteiger partial charge on any atom is 0.197 e. The summed E-state index contributed by atoms with van der Waals surface area (Å²) in [6.07, 6.45) is 0. The first-order valence-electron chi connectivity index (χ1n) is 8.19. The smallest absolute Gasteiger partial charge is 0.197 e. The first-order chi connectivity index (χ1) is 12.5. The number of rotatable bonds is 3. The van der Waals surface area contributed by atoms with Gasteiger partial charge in [-0.2, -0.15) is 0 Å². The van der Waals surface area contributed by atoms with E-state index in [4.69, 9.17) is 4.42 Å². The molecule has 0 aliphatic heterocycles. The van der Waals surface area contributed by atoms with Crippen LogP contribution in [0, 0.1) is 6.92 Å². The Morgan fingerprint density at radius 2 is 1.50 bits per heavy atom. The van der Waals surface area contributed by atoms with Crippen molar-refractivity contribution in [2.24, 2.45) is 0 Å². The Hall–Kier alpha value is -3.53. The van der Waals surface area contributed by atoms with Crippen molar-refractivity contribution in [3.63, 3.8) is 0 Å². The highest BCUT2D eigenvalue weighted by Gasteiger charge is 2.23. The van der Waals surface area contributed by atoms with Gasteiger partial charge in [0, 0.05) is 22.6 Å². The maximum absolute atomic E-state index is 13.2. The van der Waals surface area contributed by atoms with Crippen molar-refractivity contribution in [1.29, 1.82) is 0 Å². The summed E-state index contributed by atoms with van der Waals surface area (Å²) in [7, 11) is 0. The number of furan rings is 1. The zero-order chi connectivity index (χ0) is 18.3. The predicted molar refractivity (Wildman–Crippen MR) is 99.6 cm³/mol. The number of fused-ring (bicyclic) bond motifs is 1. The van der Waals surface area contributed by atoms with Crippen molar-refractivity contribution in [2.45, 2.75) is 6.92 Å². The summed E-state index contributed by atoms with van der Waals surface area (Å²) < 4.78 is 5.91. The molecule has 128 valence electrons. The van der Waals surface area contributed by atoms with Crippen molar-refractivity contribution >= 4 is 16.8 Å². The number of aryl methyl sites for hydroxylation is 1. The fraction of sp³-hybridized carbons (Fsp3) is 0.0455. The van der Waals surface area contributed by atoms with Crippen LogP contribution in [-0.4, -0.2) is 16.0 Å². The molecule has 2 N–H and O–H groups in total. The second-order valence-electron chi connectivity index (χ2n) is 6.23. The molecule has 0 saturated carbocycles. The Labute approximate surface area is 150 Å². The summed E-state index contributed by atoms with van der Waals surface area (Å²) in [5.74, 6) is 0.459. The molecule has 1 heterocycles. The molecule has 3 aromatic carbocycles. The van der Waals surface area contributed by atoms with Gasteiger partial charge in [-0.05, 0) is 43.3 Å². The number of carbonyl (C=O) groups is 1. The van der Waals surface area contributed by atoms with E-state index >= 15 is 0 Å². The molecule has 4 heteroatoms. The molecule has 0 fully saturated rings. The monoisotopic (exact) mass is 344 g/mol. The number of phenolic OH excluding ortho intramolecular Hbond substituents is 2. The van der Waals surface area contributed by atoms with Crippen molar-refractivity contribution in [1.82, 2.24) is 0 Å². The number of ketones is 1. The summed E-state index contributed by atoms with van der Waals surface area (Å²) in [6.45, 7) is 1.96. The van der Waals surface area contributed by atoms with Crippen molar-refractivity contribution in [2.75, 3.05) is 0 Å². The lowest BCUT2D eigenvalue weighted by molar-refractivity contribution is 0.104. The van der Waals surface area contributed by atoms with Gasteiger partial charge in [0.05, 0.1) is 5.56 Å². The van der Waals surface area contributed by atoms with E-state index in [0.717, 1.165) is 5.56 Å². The molecule has 4 rings (SSSR count). The fourth-order valence-corrected chi connectivity index (χ4v) is 2.98. The summed E-state index contributed by atoms with van der Waals surface area (Å²) in [5, 5.41) is 19.9. The Bertz CT molecular complexity index is 1100. The zero-order valence-electron chi connectivity index (χ0n) is 14.1. The van der Waals surface area contributed by atoms with Crippen LogP contribution < -0.4 is 0 Å². The molecular formula is C22H16O4. The van der Waals surface area contributed by atoms with Gasteiger partial charge in [0.2, 0.25) is 0 Å². The molecular weight excluding hydrogens is 328 g/mol. The van der Waals surface area contributed by atoms with Crippen LogP contribution in [0.15, 0.2) is 71.1 Å². The van der Waals surface area contributed by atoms with E-state index < -0.39 is 0 Å². The SMILES string of the molecule is Cc1ccc(C(=O)c2c(-c3ccc(O)cc3)oc3cc(O)ccc23)cc1. The van der Waals surface area contributed by atoms with Gasteiger partial charge in [-0.3, -0.25) is 4.79 Å². The van der Waals surface area contributed by atoms with Gasteiger partial charge in [0.1, 0.15) is 22.8 Å². The van der Waals surface area contributed by atoms with Gasteiger partial charge >= 0.3 is 0 Å². The van der Waals surface area contributed by atoms with E-state index in [0.29, 0.717) is 33.4 Å². The molecule has 0 unspecified atom stereocenters. The van der Waals surface area contributed by atoms with Crippen LogP contribution in [0.5, 0.6) is 11.5 Å². The number of phenols is 2. The number of hydrogen-bond donors (Lipinski definition) is 2. The average molecular weight is 344 g/mol. The number of benzene rings is 3. The van der Waals surface area contributed by atoms with Crippen molar-refractivity contribution in [3.8, 4) is 22.8 Å². The second-order valence-corrected chi connectivity index (χ2v) is 6.23. The Morgan fingerprint density at radius 3 is 2.19 bits per heavy atom. The number of hydrogen-bond acceptors (Lipinski definition) is 4. The first-order valence-corrected chi connectivity index (χ1v) is 8.19. The second kappa shape index (κ2) is 6.08. The quantitative estimate of drug-likeness (QED) is 0.510. The third-order valence-electron chi connectivity index (χ3n) is 4.34. The van der Waals surface area contributed by atoms with Gasteiger partial charge in [-0.1, -0.05) is 29.8 Å². The molecule has 0 aliphatic carbocycles. The molecule has 0 bridgehead atoms. The van der Waals surface area contributed by atoms with Gasteiger partial charge in [0.15, 0.2) is 5.78 Å². The van der Waals surface area contributed by atoms with E-state index in [9.17, 15) is 15.0 Å². The molecule has 0 atom stereocenters. The molecule has 4 nitrogen and oxygen atoms in total. The maximum atomic E-state index is 13.2. The third kappa shape index (κ3) is 2.71. The van der Waals surface area contributed by atoms with Crippen LogP contribution >= 0.6 is 0 Å². The molecule has 0 aliphatic rings. The molecule has 26 heavy (non-hydrogen) atoms. The predicted octanol–water partition coefficient (Wildman–Crippen LogP) is 5.05.